The SMILES string of the molecule is Nc1nc(N2CCCN3CCCC3C2)ccc1[N+](=O)[O-]. The van der Waals surface area contributed by atoms with Crippen LogP contribution in [0.3, 0.4) is 0 Å². The topological polar surface area (TPSA) is 88.5 Å². The first-order valence-corrected chi connectivity index (χ1v) is 7.05. The van der Waals surface area contributed by atoms with Crippen molar-refractivity contribution in [1.29, 1.82) is 0 Å². The zero-order valence-corrected chi connectivity index (χ0v) is 11.4. The number of rotatable bonds is 2. The molecule has 108 valence electrons. The lowest BCUT2D eigenvalue weighted by Gasteiger charge is -2.26. The minimum Gasteiger partial charge on any atom is -0.378 e. The molecular weight excluding hydrogens is 258 g/mol. The van der Waals surface area contributed by atoms with Gasteiger partial charge in [-0.15, -0.1) is 0 Å². The van der Waals surface area contributed by atoms with Crippen molar-refractivity contribution in [2.75, 3.05) is 36.8 Å². The third kappa shape index (κ3) is 2.40. The summed E-state index contributed by atoms with van der Waals surface area (Å²) in [5, 5.41) is 10.8. The van der Waals surface area contributed by atoms with Crippen LogP contribution in [0.25, 0.3) is 0 Å². The molecule has 2 fully saturated rings. The van der Waals surface area contributed by atoms with Gasteiger partial charge in [-0.05, 0) is 31.9 Å². The largest absolute Gasteiger partial charge is 0.378 e. The molecule has 2 saturated heterocycles. The number of nitro groups is 1. The Morgan fingerprint density at radius 3 is 2.85 bits per heavy atom. The molecule has 0 radical (unpaired) electrons. The predicted octanol–water partition coefficient (Wildman–Crippen LogP) is 1.25. The Hall–Kier alpha value is -1.89. The highest BCUT2D eigenvalue weighted by atomic mass is 16.6. The van der Waals surface area contributed by atoms with Crippen LogP contribution in [0.2, 0.25) is 0 Å². The summed E-state index contributed by atoms with van der Waals surface area (Å²) in [6.07, 6.45) is 3.57. The Labute approximate surface area is 117 Å². The Morgan fingerprint density at radius 1 is 1.30 bits per heavy atom. The van der Waals surface area contributed by atoms with E-state index >= 15 is 0 Å². The van der Waals surface area contributed by atoms with Crippen molar-refractivity contribution < 1.29 is 4.92 Å². The third-order valence-electron chi connectivity index (χ3n) is 4.21. The Morgan fingerprint density at radius 2 is 2.10 bits per heavy atom. The molecule has 3 heterocycles. The van der Waals surface area contributed by atoms with Gasteiger partial charge in [-0.3, -0.25) is 15.0 Å². The van der Waals surface area contributed by atoms with Crippen molar-refractivity contribution in [1.82, 2.24) is 9.88 Å². The molecule has 0 spiro atoms. The van der Waals surface area contributed by atoms with Crippen LogP contribution < -0.4 is 10.6 Å². The van der Waals surface area contributed by atoms with E-state index in [1.54, 1.807) is 6.07 Å². The lowest BCUT2D eigenvalue weighted by Crippen LogP contribution is -2.37. The van der Waals surface area contributed by atoms with Crippen molar-refractivity contribution in [2.45, 2.75) is 25.3 Å². The average Bonchev–Trinajstić information content (AvgIpc) is 2.75. The van der Waals surface area contributed by atoms with Crippen molar-refractivity contribution in [3.8, 4) is 0 Å². The zero-order valence-electron chi connectivity index (χ0n) is 11.4. The van der Waals surface area contributed by atoms with Crippen LogP contribution in [0.1, 0.15) is 19.3 Å². The molecular formula is C13H19N5O2. The second-order valence-electron chi connectivity index (χ2n) is 5.46. The quantitative estimate of drug-likeness (QED) is 0.646. The highest BCUT2D eigenvalue weighted by Crippen LogP contribution is 2.27. The summed E-state index contributed by atoms with van der Waals surface area (Å²) in [5.41, 5.74) is 5.57. The number of nitrogens with zero attached hydrogens (tertiary/aromatic N) is 4. The Bertz CT molecular complexity index is 521. The van der Waals surface area contributed by atoms with Gasteiger partial charge in [0.2, 0.25) is 5.82 Å². The van der Waals surface area contributed by atoms with Gasteiger partial charge in [-0.1, -0.05) is 0 Å². The van der Waals surface area contributed by atoms with Gasteiger partial charge in [0, 0.05) is 31.7 Å². The van der Waals surface area contributed by atoms with Crippen LogP contribution in [-0.2, 0) is 0 Å². The summed E-state index contributed by atoms with van der Waals surface area (Å²) in [5.74, 6) is 0.752. The number of hydrogen-bond acceptors (Lipinski definition) is 6. The van der Waals surface area contributed by atoms with Crippen LogP contribution in [0, 0.1) is 10.1 Å². The molecule has 2 N–H and O–H groups in total. The maximum absolute atomic E-state index is 10.8. The molecule has 0 aliphatic carbocycles. The Balaban J connectivity index is 1.81. The third-order valence-corrected chi connectivity index (χ3v) is 4.21. The van der Waals surface area contributed by atoms with Crippen molar-refractivity contribution in [3.05, 3.63) is 22.2 Å². The van der Waals surface area contributed by atoms with Gasteiger partial charge >= 0.3 is 5.69 Å². The van der Waals surface area contributed by atoms with Gasteiger partial charge in [0.25, 0.3) is 0 Å². The average molecular weight is 277 g/mol. The first-order chi connectivity index (χ1) is 9.65. The van der Waals surface area contributed by atoms with E-state index in [1.807, 2.05) is 0 Å². The normalized spacial score (nSPS) is 23.4. The van der Waals surface area contributed by atoms with E-state index in [9.17, 15) is 10.1 Å². The fraction of sp³-hybridized carbons (Fsp3) is 0.615. The lowest BCUT2D eigenvalue weighted by atomic mass is 10.2. The van der Waals surface area contributed by atoms with E-state index in [1.165, 1.54) is 25.5 Å². The number of hydrogen-bond donors (Lipinski definition) is 1. The Kier molecular flexibility index (Phi) is 3.43. The molecule has 1 atom stereocenters. The number of pyridine rings is 1. The molecule has 0 aromatic carbocycles. The fourth-order valence-corrected chi connectivity index (χ4v) is 3.20. The van der Waals surface area contributed by atoms with Crippen LogP contribution in [0.5, 0.6) is 0 Å². The molecule has 1 aromatic heterocycles. The van der Waals surface area contributed by atoms with Gasteiger partial charge in [0.1, 0.15) is 5.82 Å². The van der Waals surface area contributed by atoms with Crippen molar-refractivity contribution >= 4 is 17.3 Å². The van der Waals surface area contributed by atoms with Crippen molar-refractivity contribution in [2.24, 2.45) is 0 Å². The molecule has 1 aromatic rings. The predicted molar refractivity (Wildman–Crippen MR) is 76.7 cm³/mol. The summed E-state index contributed by atoms with van der Waals surface area (Å²) >= 11 is 0. The van der Waals surface area contributed by atoms with Crippen molar-refractivity contribution in [3.63, 3.8) is 0 Å². The summed E-state index contributed by atoms with van der Waals surface area (Å²) in [6, 6.07) is 3.74. The molecule has 2 aliphatic rings. The maximum atomic E-state index is 10.8. The second kappa shape index (κ2) is 5.24. The van der Waals surface area contributed by atoms with E-state index in [4.69, 9.17) is 5.73 Å². The van der Waals surface area contributed by atoms with Gasteiger partial charge in [-0.25, -0.2) is 4.98 Å². The first kappa shape index (κ1) is 13.1. The monoisotopic (exact) mass is 277 g/mol. The standard InChI is InChI=1S/C13H19N5O2/c14-13-11(18(19)20)4-5-12(15-13)17-8-2-7-16-6-1-3-10(16)9-17/h4-5,10H,1-3,6-9H2,(H2,14,15). The summed E-state index contributed by atoms with van der Waals surface area (Å²) < 4.78 is 0. The van der Waals surface area contributed by atoms with Gasteiger partial charge in [0.15, 0.2) is 0 Å². The van der Waals surface area contributed by atoms with Gasteiger partial charge in [0.05, 0.1) is 4.92 Å². The molecule has 1 unspecified atom stereocenters. The van der Waals surface area contributed by atoms with Crippen LogP contribution in [0.4, 0.5) is 17.3 Å². The smallest absolute Gasteiger partial charge is 0.311 e. The summed E-state index contributed by atoms with van der Waals surface area (Å²) in [4.78, 5) is 19.2. The van der Waals surface area contributed by atoms with Crippen LogP contribution in [0.15, 0.2) is 12.1 Å². The van der Waals surface area contributed by atoms with E-state index in [0.717, 1.165) is 31.9 Å². The number of nitrogens with two attached hydrogens (primary N) is 1. The molecule has 2 aliphatic heterocycles. The molecule has 0 bridgehead atoms. The molecule has 7 heteroatoms. The zero-order chi connectivity index (χ0) is 14.1. The molecule has 7 nitrogen and oxygen atoms in total. The number of nitrogen functional groups attached to an aromatic ring is 1. The molecule has 3 rings (SSSR count). The number of aromatic nitrogens is 1. The first-order valence-electron chi connectivity index (χ1n) is 7.05. The maximum Gasteiger partial charge on any atom is 0.311 e. The van der Waals surface area contributed by atoms with E-state index < -0.39 is 4.92 Å². The van der Waals surface area contributed by atoms with Crippen LogP contribution in [-0.4, -0.2) is 47.0 Å². The second-order valence-corrected chi connectivity index (χ2v) is 5.46. The minimum atomic E-state index is -0.493. The van der Waals surface area contributed by atoms with E-state index in [2.05, 4.69) is 14.8 Å². The molecule has 20 heavy (non-hydrogen) atoms. The van der Waals surface area contributed by atoms with Crippen LogP contribution >= 0.6 is 0 Å². The molecule has 0 saturated carbocycles. The summed E-state index contributed by atoms with van der Waals surface area (Å²) in [7, 11) is 0. The van der Waals surface area contributed by atoms with E-state index in [-0.39, 0.29) is 11.5 Å². The minimum absolute atomic E-state index is 0.0000231. The fourth-order valence-electron chi connectivity index (χ4n) is 3.20. The van der Waals surface area contributed by atoms with Gasteiger partial charge < -0.3 is 10.6 Å². The van der Waals surface area contributed by atoms with E-state index in [0.29, 0.717) is 6.04 Å². The van der Waals surface area contributed by atoms with Gasteiger partial charge in [-0.2, -0.15) is 0 Å². The summed E-state index contributed by atoms with van der Waals surface area (Å²) in [6.45, 7) is 4.18. The highest BCUT2D eigenvalue weighted by molar-refractivity contribution is 5.58. The number of anilines is 2. The highest BCUT2D eigenvalue weighted by Gasteiger charge is 2.29. The lowest BCUT2D eigenvalue weighted by molar-refractivity contribution is -0.384. The molecule has 0 amide bonds. The number of fused-ring (bicyclic) bond motifs is 1.